The Morgan fingerprint density at radius 3 is 2.54 bits per heavy atom. The Bertz CT molecular complexity index is 703. The quantitative estimate of drug-likeness (QED) is 0.713. The van der Waals surface area contributed by atoms with Crippen molar-refractivity contribution in [2.45, 2.75) is 46.1 Å². The molecule has 2 aromatic rings. The van der Waals surface area contributed by atoms with Crippen molar-refractivity contribution in [3.05, 3.63) is 35.7 Å². The molecule has 1 aromatic heterocycles. The van der Waals surface area contributed by atoms with E-state index in [1.807, 2.05) is 29.2 Å². The zero-order valence-electron chi connectivity index (χ0n) is 15.8. The van der Waals surface area contributed by atoms with Crippen molar-refractivity contribution in [2.24, 2.45) is 0 Å². The number of rotatable bonds is 7. The van der Waals surface area contributed by atoms with Crippen LogP contribution in [0.25, 0.3) is 11.4 Å². The largest absolute Gasteiger partial charge is 0.340 e. The molecule has 2 heterocycles. The summed E-state index contributed by atoms with van der Waals surface area (Å²) in [5, 5.41) is 4.09. The summed E-state index contributed by atoms with van der Waals surface area (Å²) in [7, 11) is 0. The Balaban J connectivity index is 1.47. The minimum absolute atomic E-state index is 0.289. The van der Waals surface area contributed by atoms with Gasteiger partial charge in [-0.15, -0.1) is 0 Å². The van der Waals surface area contributed by atoms with E-state index in [1.165, 1.54) is 5.56 Å². The first-order valence-electron chi connectivity index (χ1n) is 9.55. The molecule has 1 aromatic carbocycles. The Kier molecular flexibility index (Phi) is 6.39. The lowest BCUT2D eigenvalue weighted by Gasteiger charge is -2.34. The Hall–Kier alpha value is -2.21. The van der Waals surface area contributed by atoms with Gasteiger partial charge in [0.25, 0.3) is 0 Å². The summed E-state index contributed by atoms with van der Waals surface area (Å²) in [6.45, 7) is 8.11. The highest BCUT2D eigenvalue weighted by atomic mass is 16.5. The molecule has 1 aliphatic rings. The van der Waals surface area contributed by atoms with Gasteiger partial charge in [0.15, 0.2) is 0 Å². The Morgan fingerprint density at radius 2 is 1.85 bits per heavy atom. The third-order valence-corrected chi connectivity index (χ3v) is 4.86. The number of aromatic nitrogens is 2. The van der Waals surface area contributed by atoms with E-state index in [0.29, 0.717) is 24.7 Å². The number of piperazine rings is 1. The molecule has 0 saturated carbocycles. The molecule has 26 heavy (non-hydrogen) atoms. The summed E-state index contributed by atoms with van der Waals surface area (Å²) in [6.07, 6.45) is 3.96. The van der Waals surface area contributed by atoms with E-state index in [9.17, 15) is 4.79 Å². The molecule has 0 bridgehead atoms. The van der Waals surface area contributed by atoms with E-state index in [-0.39, 0.29) is 5.91 Å². The number of benzene rings is 1. The molecule has 0 aliphatic carbocycles. The van der Waals surface area contributed by atoms with Crippen LogP contribution in [0.3, 0.4) is 0 Å². The molecule has 1 aliphatic heterocycles. The van der Waals surface area contributed by atoms with Crippen molar-refractivity contribution in [1.82, 2.24) is 19.9 Å². The minimum atomic E-state index is 0.289. The van der Waals surface area contributed by atoms with Crippen LogP contribution < -0.4 is 0 Å². The SMILES string of the molecule is CCCCCC(=O)N1CCN(Cc2nc(-c3ccc(C)cc3)no2)CC1. The molecule has 1 amide bonds. The first kappa shape index (κ1) is 18.6. The number of carbonyl (C=O) groups excluding carboxylic acids is 1. The topological polar surface area (TPSA) is 62.5 Å². The highest BCUT2D eigenvalue weighted by Crippen LogP contribution is 2.17. The van der Waals surface area contributed by atoms with Gasteiger partial charge in [-0.3, -0.25) is 9.69 Å². The Labute approximate surface area is 155 Å². The van der Waals surface area contributed by atoms with Crippen LogP contribution in [0, 0.1) is 6.92 Å². The summed E-state index contributed by atoms with van der Waals surface area (Å²) < 4.78 is 5.41. The van der Waals surface area contributed by atoms with Gasteiger partial charge in [-0.1, -0.05) is 54.8 Å². The van der Waals surface area contributed by atoms with Gasteiger partial charge in [0.2, 0.25) is 17.6 Å². The molecular formula is C20H28N4O2. The maximum Gasteiger partial charge on any atom is 0.241 e. The maximum absolute atomic E-state index is 12.2. The molecule has 140 valence electrons. The van der Waals surface area contributed by atoms with E-state index in [0.717, 1.165) is 51.0 Å². The number of nitrogens with zero attached hydrogens (tertiary/aromatic N) is 4. The smallest absolute Gasteiger partial charge is 0.241 e. The molecular weight excluding hydrogens is 328 g/mol. The third-order valence-electron chi connectivity index (χ3n) is 4.86. The van der Waals surface area contributed by atoms with E-state index >= 15 is 0 Å². The molecule has 0 spiro atoms. The van der Waals surface area contributed by atoms with E-state index in [1.54, 1.807) is 0 Å². The predicted molar refractivity (Wildman–Crippen MR) is 100 cm³/mol. The molecule has 6 nitrogen and oxygen atoms in total. The van der Waals surface area contributed by atoms with E-state index < -0.39 is 0 Å². The monoisotopic (exact) mass is 356 g/mol. The fourth-order valence-electron chi connectivity index (χ4n) is 3.17. The van der Waals surface area contributed by atoms with Crippen molar-refractivity contribution in [3.63, 3.8) is 0 Å². The lowest BCUT2D eigenvalue weighted by atomic mass is 10.1. The number of hydrogen-bond acceptors (Lipinski definition) is 5. The van der Waals surface area contributed by atoms with Crippen LogP contribution in [0.1, 0.15) is 44.1 Å². The molecule has 0 radical (unpaired) electrons. The van der Waals surface area contributed by atoms with Crippen molar-refractivity contribution in [1.29, 1.82) is 0 Å². The zero-order valence-corrected chi connectivity index (χ0v) is 15.8. The number of amides is 1. The van der Waals surface area contributed by atoms with Crippen molar-refractivity contribution < 1.29 is 9.32 Å². The zero-order chi connectivity index (χ0) is 18.4. The number of carbonyl (C=O) groups is 1. The van der Waals surface area contributed by atoms with Gasteiger partial charge in [-0.2, -0.15) is 4.98 Å². The van der Waals surface area contributed by atoms with Gasteiger partial charge >= 0.3 is 0 Å². The van der Waals surface area contributed by atoms with Gasteiger partial charge < -0.3 is 9.42 Å². The van der Waals surface area contributed by atoms with Gasteiger partial charge in [-0.25, -0.2) is 0 Å². The lowest BCUT2D eigenvalue weighted by Crippen LogP contribution is -2.48. The van der Waals surface area contributed by atoms with Gasteiger partial charge in [0.05, 0.1) is 6.54 Å². The molecule has 0 N–H and O–H groups in total. The standard InChI is InChI=1S/C20H28N4O2/c1-3-4-5-6-19(25)24-13-11-23(12-14-24)15-18-21-20(22-26-18)17-9-7-16(2)8-10-17/h7-10H,3-6,11-15H2,1-2H3. The molecule has 0 atom stereocenters. The summed E-state index contributed by atoms with van der Waals surface area (Å²) in [5.41, 5.74) is 2.17. The summed E-state index contributed by atoms with van der Waals surface area (Å²) >= 11 is 0. The first-order valence-corrected chi connectivity index (χ1v) is 9.55. The van der Waals surface area contributed by atoms with Crippen LogP contribution in [0.2, 0.25) is 0 Å². The maximum atomic E-state index is 12.2. The van der Waals surface area contributed by atoms with Crippen molar-refractivity contribution in [2.75, 3.05) is 26.2 Å². The normalized spacial score (nSPS) is 15.4. The lowest BCUT2D eigenvalue weighted by molar-refractivity contribution is -0.133. The molecule has 0 unspecified atom stereocenters. The fraction of sp³-hybridized carbons (Fsp3) is 0.550. The minimum Gasteiger partial charge on any atom is -0.340 e. The second kappa shape index (κ2) is 8.94. The molecule has 1 saturated heterocycles. The predicted octanol–water partition coefficient (Wildman–Crippen LogP) is 3.27. The van der Waals surface area contributed by atoms with E-state index in [2.05, 4.69) is 28.9 Å². The van der Waals surface area contributed by atoms with Crippen LogP contribution in [-0.2, 0) is 11.3 Å². The molecule has 1 fully saturated rings. The van der Waals surface area contributed by atoms with Crippen LogP contribution >= 0.6 is 0 Å². The first-order chi connectivity index (χ1) is 12.7. The van der Waals surface area contributed by atoms with E-state index in [4.69, 9.17) is 4.52 Å². The summed E-state index contributed by atoms with van der Waals surface area (Å²) in [5.74, 6) is 1.55. The number of hydrogen-bond donors (Lipinski definition) is 0. The van der Waals surface area contributed by atoms with Crippen molar-refractivity contribution in [3.8, 4) is 11.4 Å². The highest BCUT2D eigenvalue weighted by molar-refractivity contribution is 5.76. The summed E-state index contributed by atoms with van der Waals surface area (Å²) in [4.78, 5) is 20.9. The summed E-state index contributed by atoms with van der Waals surface area (Å²) in [6, 6.07) is 8.10. The second-order valence-electron chi connectivity index (χ2n) is 6.99. The fourth-order valence-corrected chi connectivity index (χ4v) is 3.17. The third kappa shape index (κ3) is 4.91. The van der Waals surface area contributed by atoms with Crippen LogP contribution in [0.15, 0.2) is 28.8 Å². The molecule has 6 heteroatoms. The van der Waals surface area contributed by atoms with Gasteiger partial charge in [0, 0.05) is 38.2 Å². The Morgan fingerprint density at radius 1 is 1.12 bits per heavy atom. The van der Waals surface area contributed by atoms with Crippen LogP contribution in [0.5, 0.6) is 0 Å². The van der Waals surface area contributed by atoms with Crippen LogP contribution in [0.4, 0.5) is 0 Å². The van der Waals surface area contributed by atoms with Gasteiger partial charge in [0.1, 0.15) is 0 Å². The van der Waals surface area contributed by atoms with Crippen molar-refractivity contribution >= 4 is 5.91 Å². The number of unbranched alkanes of at least 4 members (excludes halogenated alkanes) is 2. The van der Waals surface area contributed by atoms with Gasteiger partial charge in [-0.05, 0) is 13.3 Å². The average molecular weight is 356 g/mol. The highest BCUT2D eigenvalue weighted by Gasteiger charge is 2.22. The molecule has 3 rings (SSSR count). The number of aryl methyl sites for hydroxylation is 1. The van der Waals surface area contributed by atoms with Crippen LogP contribution in [-0.4, -0.2) is 52.0 Å². The second-order valence-corrected chi connectivity index (χ2v) is 6.99. The average Bonchev–Trinajstić information content (AvgIpc) is 3.11.